The number of aliphatic carboxylic acids is 1. The second kappa shape index (κ2) is 7.03. The van der Waals surface area contributed by atoms with Crippen LogP contribution in [0.2, 0.25) is 0 Å². The van der Waals surface area contributed by atoms with Crippen molar-refractivity contribution in [3.63, 3.8) is 0 Å². The van der Waals surface area contributed by atoms with Crippen LogP contribution in [0.15, 0.2) is 0 Å². The lowest BCUT2D eigenvalue weighted by Crippen LogP contribution is -2.53. The Morgan fingerprint density at radius 1 is 1.40 bits per heavy atom. The van der Waals surface area contributed by atoms with Crippen molar-refractivity contribution in [2.45, 2.75) is 51.1 Å². The molecule has 1 aliphatic rings. The SMILES string of the molecule is CC(CCC(=O)O)NC(=O)C1CCCCN1S(C)(=O)=O. The third-order valence-corrected chi connectivity index (χ3v) is 4.65. The fraction of sp³-hybridized carbons (Fsp3) is 0.833. The summed E-state index contributed by atoms with van der Waals surface area (Å²) in [6.45, 7) is 2.08. The number of hydrogen-bond donors (Lipinski definition) is 2. The highest BCUT2D eigenvalue weighted by Gasteiger charge is 2.34. The minimum absolute atomic E-state index is 0.0259. The molecule has 1 aliphatic heterocycles. The van der Waals surface area contributed by atoms with Crippen LogP contribution in [0.5, 0.6) is 0 Å². The van der Waals surface area contributed by atoms with Crippen LogP contribution in [0.3, 0.4) is 0 Å². The van der Waals surface area contributed by atoms with Crippen molar-refractivity contribution < 1.29 is 23.1 Å². The molecule has 7 nitrogen and oxygen atoms in total. The normalized spacial score (nSPS) is 22.2. The molecule has 1 saturated heterocycles. The lowest BCUT2D eigenvalue weighted by atomic mass is 10.0. The molecule has 2 unspecified atom stereocenters. The third kappa shape index (κ3) is 5.09. The average molecular weight is 306 g/mol. The summed E-state index contributed by atoms with van der Waals surface area (Å²) in [5, 5.41) is 11.3. The summed E-state index contributed by atoms with van der Waals surface area (Å²) >= 11 is 0. The Hall–Kier alpha value is -1.15. The van der Waals surface area contributed by atoms with Gasteiger partial charge in [0.25, 0.3) is 0 Å². The first-order chi connectivity index (χ1) is 9.21. The van der Waals surface area contributed by atoms with Gasteiger partial charge in [0, 0.05) is 19.0 Å². The predicted octanol–water partition coefficient (Wildman–Crippen LogP) is 0.170. The highest BCUT2D eigenvalue weighted by molar-refractivity contribution is 7.88. The van der Waals surface area contributed by atoms with E-state index in [2.05, 4.69) is 5.32 Å². The number of amides is 1. The lowest BCUT2D eigenvalue weighted by molar-refractivity contribution is -0.137. The van der Waals surface area contributed by atoms with E-state index in [0.29, 0.717) is 19.4 Å². The molecule has 0 saturated carbocycles. The minimum atomic E-state index is -3.40. The Morgan fingerprint density at radius 3 is 2.60 bits per heavy atom. The van der Waals surface area contributed by atoms with Gasteiger partial charge < -0.3 is 10.4 Å². The molecule has 0 aliphatic carbocycles. The molecule has 8 heteroatoms. The summed E-state index contributed by atoms with van der Waals surface area (Å²) in [4.78, 5) is 22.6. The highest BCUT2D eigenvalue weighted by atomic mass is 32.2. The maximum Gasteiger partial charge on any atom is 0.303 e. The molecule has 1 heterocycles. The topological polar surface area (TPSA) is 104 Å². The van der Waals surface area contributed by atoms with Crippen molar-refractivity contribution >= 4 is 21.9 Å². The molecule has 0 aromatic heterocycles. The summed E-state index contributed by atoms with van der Waals surface area (Å²) in [7, 11) is -3.40. The molecule has 1 rings (SSSR count). The van der Waals surface area contributed by atoms with E-state index in [9.17, 15) is 18.0 Å². The zero-order valence-corrected chi connectivity index (χ0v) is 12.6. The standard InChI is InChI=1S/C12H22N2O5S/c1-9(6-7-11(15)16)13-12(17)10-5-3-4-8-14(10)20(2,18)19/h9-10H,3-8H2,1-2H3,(H,13,17)(H,15,16). The number of piperidine rings is 1. The van der Waals surface area contributed by atoms with Crippen LogP contribution in [0.1, 0.15) is 39.0 Å². The average Bonchev–Trinajstić information content (AvgIpc) is 2.35. The maximum absolute atomic E-state index is 12.1. The van der Waals surface area contributed by atoms with Gasteiger partial charge in [-0.25, -0.2) is 8.42 Å². The van der Waals surface area contributed by atoms with Gasteiger partial charge in [-0.05, 0) is 26.2 Å². The molecule has 2 N–H and O–H groups in total. The van der Waals surface area contributed by atoms with Crippen molar-refractivity contribution in [3.05, 3.63) is 0 Å². The van der Waals surface area contributed by atoms with E-state index in [1.165, 1.54) is 4.31 Å². The Kier molecular flexibility index (Phi) is 5.94. The van der Waals surface area contributed by atoms with Crippen molar-refractivity contribution in [2.75, 3.05) is 12.8 Å². The highest BCUT2D eigenvalue weighted by Crippen LogP contribution is 2.20. The zero-order valence-electron chi connectivity index (χ0n) is 11.8. The Morgan fingerprint density at radius 2 is 2.05 bits per heavy atom. The molecular weight excluding hydrogens is 284 g/mol. The van der Waals surface area contributed by atoms with Gasteiger partial charge in [-0.2, -0.15) is 4.31 Å². The van der Waals surface area contributed by atoms with Crippen LogP contribution in [0.25, 0.3) is 0 Å². The largest absolute Gasteiger partial charge is 0.481 e. The number of sulfonamides is 1. The molecule has 0 spiro atoms. The molecule has 116 valence electrons. The van der Waals surface area contributed by atoms with Crippen molar-refractivity contribution in [1.82, 2.24) is 9.62 Å². The summed E-state index contributed by atoms with van der Waals surface area (Å²) in [5.41, 5.74) is 0. The lowest BCUT2D eigenvalue weighted by Gasteiger charge is -2.33. The second-order valence-corrected chi connectivity index (χ2v) is 7.16. The molecule has 1 fully saturated rings. The molecule has 0 radical (unpaired) electrons. The van der Waals surface area contributed by atoms with Gasteiger partial charge in [0.15, 0.2) is 0 Å². The van der Waals surface area contributed by atoms with Crippen molar-refractivity contribution in [2.24, 2.45) is 0 Å². The van der Waals surface area contributed by atoms with Gasteiger partial charge in [-0.1, -0.05) is 6.42 Å². The summed E-state index contributed by atoms with van der Waals surface area (Å²) in [6, 6.07) is -0.965. The Bertz CT molecular complexity index is 462. The molecule has 2 atom stereocenters. The summed E-state index contributed by atoms with van der Waals surface area (Å²) in [5.74, 6) is -1.26. The van der Waals surface area contributed by atoms with Crippen molar-refractivity contribution in [3.8, 4) is 0 Å². The molecule has 20 heavy (non-hydrogen) atoms. The van der Waals surface area contributed by atoms with E-state index in [1.807, 2.05) is 0 Å². The fourth-order valence-corrected chi connectivity index (χ4v) is 3.44. The molecule has 0 bridgehead atoms. The van der Waals surface area contributed by atoms with Gasteiger partial charge in [0.2, 0.25) is 15.9 Å². The zero-order chi connectivity index (χ0) is 15.3. The van der Waals surface area contributed by atoms with Gasteiger partial charge in [-0.3, -0.25) is 9.59 Å². The molecule has 0 aromatic carbocycles. The molecule has 0 aromatic rings. The van der Waals surface area contributed by atoms with E-state index in [4.69, 9.17) is 5.11 Å². The van der Waals surface area contributed by atoms with E-state index in [0.717, 1.165) is 19.1 Å². The predicted molar refractivity (Wildman–Crippen MR) is 73.7 cm³/mol. The van der Waals surface area contributed by atoms with Crippen LogP contribution in [0, 0.1) is 0 Å². The first kappa shape index (κ1) is 16.9. The molecular formula is C12H22N2O5S. The number of carboxylic acid groups (broad SMARTS) is 1. The smallest absolute Gasteiger partial charge is 0.303 e. The maximum atomic E-state index is 12.1. The second-order valence-electron chi connectivity index (χ2n) is 5.23. The number of carboxylic acids is 1. The van der Waals surface area contributed by atoms with Crippen LogP contribution in [0.4, 0.5) is 0 Å². The number of carbonyl (C=O) groups is 2. The van der Waals surface area contributed by atoms with E-state index in [-0.39, 0.29) is 18.4 Å². The van der Waals surface area contributed by atoms with E-state index >= 15 is 0 Å². The number of nitrogens with zero attached hydrogens (tertiary/aromatic N) is 1. The number of rotatable bonds is 6. The van der Waals surface area contributed by atoms with Gasteiger partial charge >= 0.3 is 5.97 Å². The number of hydrogen-bond acceptors (Lipinski definition) is 4. The van der Waals surface area contributed by atoms with E-state index < -0.39 is 22.0 Å². The van der Waals surface area contributed by atoms with Crippen LogP contribution in [-0.4, -0.2) is 54.6 Å². The van der Waals surface area contributed by atoms with Gasteiger partial charge in [0.05, 0.1) is 6.26 Å². The first-order valence-corrected chi connectivity index (χ1v) is 8.55. The Labute approximate surface area is 119 Å². The molecule has 1 amide bonds. The van der Waals surface area contributed by atoms with Gasteiger partial charge in [-0.15, -0.1) is 0 Å². The van der Waals surface area contributed by atoms with Crippen LogP contribution in [-0.2, 0) is 19.6 Å². The van der Waals surface area contributed by atoms with Crippen molar-refractivity contribution in [1.29, 1.82) is 0 Å². The van der Waals surface area contributed by atoms with Gasteiger partial charge in [0.1, 0.15) is 6.04 Å². The quantitative estimate of drug-likeness (QED) is 0.728. The fourth-order valence-electron chi connectivity index (χ4n) is 2.32. The number of carbonyl (C=O) groups excluding carboxylic acids is 1. The first-order valence-electron chi connectivity index (χ1n) is 6.71. The Balaban J connectivity index is 2.62. The summed E-state index contributed by atoms with van der Waals surface area (Å²) in [6.07, 6.45) is 3.48. The minimum Gasteiger partial charge on any atom is -0.481 e. The third-order valence-electron chi connectivity index (χ3n) is 3.36. The number of nitrogens with one attached hydrogen (secondary N) is 1. The van der Waals surface area contributed by atoms with Crippen LogP contribution < -0.4 is 5.32 Å². The monoisotopic (exact) mass is 306 g/mol. The van der Waals surface area contributed by atoms with E-state index in [1.54, 1.807) is 6.92 Å². The summed E-state index contributed by atoms with van der Waals surface area (Å²) < 4.78 is 24.6. The van der Waals surface area contributed by atoms with Crippen LogP contribution >= 0.6 is 0 Å².